The van der Waals surface area contributed by atoms with Gasteiger partial charge in [-0.25, -0.2) is 0 Å². The molecule has 0 saturated carbocycles. The predicted octanol–water partition coefficient (Wildman–Crippen LogP) is 2.74. The Kier molecular flexibility index (Phi) is 7.11. The van der Waals surface area contributed by atoms with Gasteiger partial charge in [0.25, 0.3) is 0 Å². The SMILES string of the molecule is CC=C(C)CC(OCC)OCC. The number of allylic oxidation sites excluding steroid dienone is 1. The Morgan fingerprint density at radius 2 is 1.75 bits per heavy atom. The lowest BCUT2D eigenvalue weighted by Gasteiger charge is -2.16. The van der Waals surface area contributed by atoms with Crippen molar-refractivity contribution in [2.24, 2.45) is 0 Å². The average molecular weight is 172 g/mol. The molecule has 0 heterocycles. The fourth-order valence-electron chi connectivity index (χ4n) is 0.918. The van der Waals surface area contributed by atoms with E-state index in [2.05, 4.69) is 13.0 Å². The summed E-state index contributed by atoms with van der Waals surface area (Å²) >= 11 is 0. The third kappa shape index (κ3) is 5.33. The van der Waals surface area contributed by atoms with Gasteiger partial charge in [0.2, 0.25) is 0 Å². The molecule has 0 radical (unpaired) electrons. The molecule has 72 valence electrons. The molecule has 0 N–H and O–H groups in total. The van der Waals surface area contributed by atoms with E-state index in [0.717, 1.165) is 6.42 Å². The molecular formula is C10H20O2. The molecule has 2 nitrogen and oxygen atoms in total. The molecule has 0 unspecified atom stereocenters. The maximum Gasteiger partial charge on any atom is 0.161 e. The minimum Gasteiger partial charge on any atom is -0.353 e. The quantitative estimate of drug-likeness (QED) is 0.453. The van der Waals surface area contributed by atoms with Crippen molar-refractivity contribution in [2.75, 3.05) is 13.2 Å². The fraction of sp³-hybridized carbons (Fsp3) is 0.800. The van der Waals surface area contributed by atoms with Crippen molar-refractivity contribution < 1.29 is 9.47 Å². The molecule has 2 heteroatoms. The summed E-state index contributed by atoms with van der Waals surface area (Å²) in [5, 5.41) is 0. The lowest BCUT2D eigenvalue weighted by atomic mass is 10.2. The molecule has 0 aliphatic rings. The maximum atomic E-state index is 5.39. The van der Waals surface area contributed by atoms with Crippen LogP contribution in [0.5, 0.6) is 0 Å². The Morgan fingerprint density at radius 3 is 2.08 bits per heavy atom. The smallest absolute Gasteiger partial charge is 0.161 e. The molecule has 0 saturated heterocycles. The molecule has 0 aliphatic heterocycles. The van der Waals surface area contributed by atoms with E-state index >= 15 is 0 Å². The summed E-state index contributed by atoms with van der Waals surface area (Å²) in [6.45, 7) is 9.51. The van der Waals surface area contributed by atoms with E-state index in [9.17, 15) is 0 Å². The van der Waals surface area contributed by atoms with Gasteiger partial charge in [-0.05, 0) is 27.7 Å². The first-order valence-electron chi connectivity index (χ1n) is 4.59. The molecular weight excluding hydrogens is 152 g/mol. The van der Waals surface area contributed by atoms with Gasteiger partial charge >= 0.3 is 0 Å². The van der Waals surface area contributed by atoms with Crippen molar-refractivity contribution in [2.45, 2.75) is 40.4 Å². The summed E-state index contributed by atoms with van der Waals surface area (Å²) in [4.78, 5) is 0. The second-order valence-electron chi connectivity index (χ2n) is 2.68. The van der Waals surface area contributed by atoms with Crippen LogP contribution in [0.3, 0.4) is 0 Å². The van der Waals surface area contributed by atoms with Crippen LogP contribution >= 0.6 is 0 Å². The molecule has 0 spiro atoms. The summed E-state index contributed by atoms with van der Waals surface area (Å²) < 4.78 is 10.8. The molecule has 0 amide bonds. The Morgan fingerprint density at radius 1 is 1.25 bits per heavy atom. The fourth-order valence-corrected chi connectivity index (χ4v) is 0.918. The highest BCUT2D eigenvalue weighted by Gasteiger charge is 2.07. The first-order chi connectivity index (χ1) is 5.74. The zero-order valence-electron chi connectivity index (χ0n) is 8.59. The Hall–Kier alpha value is -0.340. The summed E-state index contributed by atoms with van der Waals surface area (Å²) in [5.41, 5.74) is 1.31. The summed E-state index contributed by atoms with van der Waals surface area (Å²) in [7, 11) is 0. The third-order valence-electron chi connectivity index (χ3n) is 1.69. The van der Waals surface area contributed by atoms with Crippen LogP contribution in [0, 0.1) is 0 Å². The van der Waals surface area contributed by atoms with Crippen molar-refractivity contribution in [3.05, 3.63) is 11.6 Å². The van der Waals surface area contributed by atoms with Gasteiger partial charge in [0.1, 0.15) is 0 Å². The molecule has 0 aromatic carbocycles. The summed E-state index contributed by atoms with van der Waals surface area (Å²) in [5.74, 6) is 0. The molecule has 0 aliphatic carbocycles. The molecule has 0 atom stereocenters. The highest BCUT2D eigenvalue weighted by molar-refractivity contribution is 4.96. The van der Waals surface area contributed by atoms with Gasteiger partial charge in [-0.1, -0.05) is 11.6 Å². The molecule has 0 aromatic rings. The molecule has 0 fully saturated rings. The second kappa shape index (κ2) is 7.32. The third-order valence-corrected chi connectivity index (χ3v) is 1.69. The van der Waals surface area contributed by atoms with Crippen molar-refractivity contribution in [1.29, 1.82) is 0 Å². The maximum absolute atomic E-state index is 5.39. The lowest BCUT2D eigenvalue weighted by molar-refractivity contribution is -0.134. The Bertz CT molecular complexity index is 124. The largest absolute Gasteiger partial charge is 0.353 e. The van der Waals surface area contributed by atoms with Gasteiger partial charge in [-0.15, -0.1) is 0 Å². The van der Waals surface area contributed by atoms with Crippen LogP contribution in [-0.2, 0) is 9.47 Å². The Labute approximate surface area is 75.6 Å². The first-order valence-corrected chi connectivity index (χ1v) is 4.59. The van der Waals surface area contributed by atoms with E-state index in [1.165, 1.54) is 5.57 Å². The van der Waals surface area contributed by atoms with Crippen LogP contribution in [0.15, 0.2) is 11.6 Å². The van der Waals surface area contributed by atoms with Gasteiger partial charge in [0.05, 0.1) is 0 Å². The van der Waals surface area contributed by atoms with E-state index in [1.54, 1.807) is 0 Å². The first kappa shape index (κ1) is 11.7. The number of ether oxygens (including phenoxy) is 2. The van der Waals surface area contributed by atoms with E-state index < -0.39 is 0 Å². The second-order valence-corrected chi connectivity index (χ2v) is 2.68. The van der Waals surface area contributed by atoms with E-state index in [0.29, 0.717) is 13.2 Å². The highest BCUT2D eigenvalue weighted by Crippen LogP contribution is 2.08. The van der Waals surface area contributed by atoms with E-state index in [4.69, 9.17) is 9.47 Å². The van der Waals surface area contributed by atoms with Gasteiger partial charge in [0, 0.05) is 19.6 Å². The number of hydrogen-bond acceptors (Lipinski definition) is 2. The average Bonchev–Trinajstić information content (AvgIpc) is 2.05. The van der Waals surface area contributed by atoms with Crippen LogP contribution in [0.2, 0.25) is 0 Å². The minimum absolute atomic E-state index is 0.0591. The van der Waals surface area contributed by atoms with Gasteiger partial charge in [-0.2, -0.15) is 0 Å². The van der Waals surface area contributed by atoms with Crippen LogP contribution in [0.25, 0.3) is 0 Å². The highest BCUT2D eigenvalue weighted by atomic mass is 16.7. The molecule has 12 heavy (non-hydrogen) atoms. The number of rotatable bonds is 6. The van der Waals surface area contributed by atoms with Gasteiger partial charge < -0.3 is 9.47 Å². The van der Waals surface area contributed by atoms with Gasteiger partial charge in [-0.3, -0.25) is 0 Å². The topological polar surface area (TPSA) is 18.5 Å². The predicted molar refractivity (Wildman–Crippen MR) is 51.1 cm³/mol. The van der Waals surface area contributed by atoms with E-state index in [1.807, 2.05) is 20.8 Å². The van der Waals surface area contributed by atoms with Gasteiger partial charge in [0.15, 0.2) is 6.29 Å². The normalized spacial score (nSPS) is 12.6. The van der Waals surface area contributed by atoms with Crippen LogP contribution in [-0.4, -0.2) is 19.5 Å². The van der Waals surface area contributed by atoms with Crippen LogP contribution in [0.4, 0.5) is 0 Å². The van der Waals surface area contributed by atoms with Crippen LogP contribution in [0.1, 0.15) is 34.1 Å². The molecule has 0 rings (SSSR count). The number of hydrogen-bond donors (Lipinski definition) is 0. The minimum atomic E-state index is -0.0591. The van der Waals surface area contributed by atoms with Crippen LogP contribution < -0.4 is 0 Å². The van der Waals surface area contributed by atoms with Crippen molar-refractivity contribution >= 4 is 0 Å². The molecule has 0 aromatic heterocycles. The zero-order valence-corrected chi connectivity index (χ0v) is 8.59. The van der Waals surface area contributed by atoms with Crippen molar-refractivity contribution in [3.8, 4) is 0 Å². The molecule has 0 bridgehead atoms. The van der Waals surface area contributed by atoms with Crippen molar-refractivity contribution in [1.82, 2.24) is 0 Å². The monoisotopic (exact) mass is 172 g/mol. The lowest BCUT2D eigenvalue weighted by Crippen LogP contribution is -2.17. The Balaban J connectivity index is 3.77. The zero-order chi connectivity index (χ0) is 9.40. The summed E-state index contributed by atoms with van der Waals surface area (Å²) in [6.07, 6.45) is 2.90. The standard InChI is InChI=1S/C10H20O2/c1-5-9(4)8-10(11-6-2)12-7-3/h5,10H,6-8H2,1-4H3. The summed E-state index contributed by atoms with van der Waals surface area (Å²) in [6, 6.07) is 0. The van der Waals surface area contributed by atoms with Crippen molar-refractivity contribution in [3.63, 3.8) is 0 Å². The van der Waals surface area contributed by atoms with E-state index in [-0.39, 0.29) is 6.29 Å².